The number of nitrogens with zero attached hydrogens (tertiary/aromatic N) is 1. The van der Waals surface area contributed by atoms with Gasteiger partial charge in [-0.2, -0.15) is 17.0 Å². The summed E-state index contributed by atoms with van der Waals surface area (Å²) in [5.74, 6) is 0.0600. The average molecular weight is 357 g/mol. The van der Waals surface area contributed by atoms with Gasteiger partial charge in [-0.1, -0.05) is 32.0 Å². The molecule has 0 spiro atoms. The second-order valence-corrected chi connectivity index (χ2v) is 7.09. The van der Waals surface area contributed by atoms with Gasteiger partial charge < -0.3 is 5.32 Å². The van der Waals surface area contributed by atoms with Crippen LogP contribution in [-0.2, 0) is 0 Å². The summed E-state index contributed by atoms with van der Waals surface area (Å²) in [6.45, 7) is 8.00. The zero-order valence-electron chi connectivity index (χ0n) is 14.2. The Morgan fingerprint density at radius 3 is 2.62 bits per heavy atom. The van der Waals surface area contributed by atoms with E-state index < -0.39 is 0 Å². The Labute approximate surface area is 151 Å². The second-order valence-electron chi connectivity index (χ2n) is 5.54. The first-order chi connectivity index (χ1) is 11.6. The molecule has 2 aromatic carbocycles. The minimum absolute atomic E-state index is 0.0332. The fourth-order valence-electron chi connectivity index (χ4n) is 3.02. The monoisotopic (exact) mass is 356 g/mol. The predicted octanol–water partition coefficient (Wildman–Crippen LogP) is 5.53. The lowest BCUT2D eigenvalue weighted by molar-refractivity contribution is 0.104. The standard InChI is InChI=1S/C17H14N2OS2.C2H6/c1-8-6-7-11-14-15(19-22-17(8)14)10-4-3-5-12(18-9(2)21)13(10)16(11)20;1-2/h3-7,9,18,21H,1-2H3;1-2H3. The van der Waals surface area contributed by atoms with E-state index in [2.05, 4.69) is 29.2 Å². The number of rotatable bonds is 2. The molecule has 0 radical (unpaired) electrons. The lowest BCUT2D eigenvalue weighted by Gasteiger charge is -2.20. The van der Waals surface area contributed by atoms with Crippen LogP contribution in [0.5, 0.6) is 0 Å². The molecule has 0 saturated heterocycles. The Bertz CT molecular complexity index is 929. The Balaban J connectivity index is 0.000000815. The maximum Gasteiger partial charge on any atom is 0.196 e. The van der Waals surface area contributed by atoms with Crippen LogP contribution in [0, 0.1) is 6.92 Å². The summed E-state index contributed by atoms with van der Waals surface area (Å²) >= 11 is 5.84. The minimum atomic E-state index is -0.0332. The van der Waals surface area contributed by atoms with Gasteiger partial charge in [0.2, 0.25) is 0 Å². The van der Waals surface area contributed by atoms with Gasteiger partial charge in [0.05, 0.1) is 21.3 Å². The molecule has 3 nitrogen and oxygen atoms in total. The first-order valence-corrected chi connectivity index (χ1v) is 9.38. The zero-order valence-corrected chi connectivity index (χ0v) is 15.9. The van der Waals surface area contributed by atoms with Gasteiger partial charge in [0.25, 0.3) is 0 Å². The van der Waals surface area contributed by atoms with E-state index >= 15 is 0 Å². The highest BCUT2D eigenvalue weighted by atomic mass is 32.1. The van der Waals surface area contributed by atoms with E-state index in [0.717, 1.165) is 38.2 Å². The van der Waals surface area contributed by atoms with Crippen LogP contribution < -0.4 is 5.32 Å². The molecule has 3 aromatic rings. The molecule has 0 saturated carbocycles. The molecule has 0 amide bonds. The van der Waals surface area contributed by atoms with Crippen molar-refractivity contribution in [2.24, 2.45) is 0 Å². The lowest BCUT2D eigenvalue weighted by Crippen LogP contribution is -2.16. The van der Waals surface area contributed by atoms with E-state index in [9.17, 15) is 4.79 Å². The molecule has 1 heterocycles. The third kappa shape index (κ3) is 2.52. The highest BCUT2D eigenvalue weighted by molar-refractivity contribution is 7.81. The van der Waals surface area contributed by atoms with Crippen LogP contribution >= 0.6 is 24.2 Å². The maximum atomic E-state index is 13.0. The highest BCUT2D eigenvalue weighted by Gasteiger charge is 2.30. The normalized spacial score (nSPS) is 13.1. The Morgan fingerprint density at radius 2 is 1.92 bits per heavy atom. The molecule has 0 bridgehead atoms. The average Bonchev–Trinajstić information content (AvgIpc) is 3.01. The van der Waals surface area contributed by atoms with E-state index in [-0.39, 0.29) is 11.2 Å². The molecule has 1 aliphatic rings. The summed E-state index contributed by atoms with van der Waals surface area (Å²) < 4.78 is 5.73. The smallest absolute Gasteiger partial charge is 0.196 e. The molecule has 1 aromatic heterocycles. The molecule has 1 unspecified atom stereocenters. The lowest BCUT2D eigenvalue weighted by atomic mass is 9.86. The van der Waals surface area contributed by atoms with Gasteiger partial charge in [-0.25, -0.2) is 0 Å². The number of aryl methyl sites for hydroxylation is 1. The number of hydrogen-bond acceptors (Lipinski definition) is 5. The van der Waals surface area contributed by atoms with Crippen molar-refractivity contribution in [2.75, 3.05) is 5.32 Å². The van der Waals surface area contributed by atoms with Crippen molar-refractivity contribution in [3.05, 3.63) is 47.0 Å². The molecule has 1 N–H and O–H groups in total. The van der Waals surface area contributed by atoms with E-state index in [4.69, 9.17) is 0 Å². The summed E-state index contributed by atoms with van der Waals surface area (Å²) in [5, 5.41) is 4.21. The topological polar surface area (TPSA) is 42.0 Å². The van der Waals surface area contributed by atoms with Crippen LogP contribution in [0.4, 0.5) is 5.69 Å². The van der Waals surface area contributed by atoms with Crippen LogP contribution in [0.15, 0.2) is 30.3 Å². The molecular formula is C19H20N2OS2. The number of ketones is 1. The molecule has 1 aliphatic carbocycles. The number of anilines is 1. The fraction of sp³-hybridized carbons (Fsp3) is 0.263. The van der Waals surface area contributed by atoms with Gasteiger partial charge in [-0.05, 0) is 43.1 Å². The molecule has 1 atom stereocenters. The van der Waals surface area contributed by atoms with Crippen LogP contribution in [0.2, 0.25) is 0 Å². The predicted molar refractivity (Wildman–Crippen MR) is 107 cm³/mol. The summed E-state index contributed by atoms with van der Waals surface area (Å²) in [4.78, 5) is 13.0. The SMILES string of the molecule is CC.Cc1ccc2c3c(nsc13)-c1cccc(NC(C)S)c1C2=O. The number of nitrogens with one attached hydrogen (secondary N) is 1. The minimum Gasteiger partial charge on any atom is -0.373 e. The van der Waals surface area contributed by atoms with E-state index in [1.165, 1.54) is 11.5 Å². The Kier molecular flexibility index (Phi) is 4.65. The number of carbonyl (C=O) groups is 1. The van der Waals surface area contributed by atoms with Crippen molar-refractivity contribution in [1.29, 1.82) is 0 Å². The molecule has 124 valence electrons. The van der Waals surface area contributed by atoms with E-state index in [0.29, 0.717) is 5.56 Å². The molecule has 5 heteroatoms. The van der Waals surface area contributed by atoms with Crippen LogP contribution in [0.1, 0.15) is 42.3 Å². The third-order valence-electron chi connectivity index (χ3n) is 3.98. The highest BCUT2D eigenvalue weighted by Crippen LogP contribution is 2.43. The van der Waals surface area contributed by atoms with Gasteiger partial charge in [0.15, 0.2) is 5.78 Å². The van der Waals surface area contributed by atoms with Crippen molar-refractivity contribution >= 4 is 45.7 Å². The van der Waals surface area contributed by atoms with Crippen molar-refractivity contribution < 1.29 is 4.79 Å². The number of hydrogen-bond donors (Lipinski definition) is 2. The van der Waals surface area contributed by atoms with E-state index in [1.807, 2.05) is 51.1 Å². The van der Waals surface area contributed by atoms with Gasteiger partial charge in [0, 0.05) is 22.2 Å². The first-order valence-electron chi connectivity index (χ1n) is 8.09. The van der Waals surface area contributed by atoms with Crippen molar-refractivity contribution in [3.63, 3.8) is 0 Å². The summed E-state index contributed by atoms with van der Waals surface area (Å²) in [5.41, 5.74) is 5.26. The number of aromatic nitrogens is 1. The number of carbonyl (C=O) groups excluding carboxylic acids is 1. The fourth-order valence-corrected chi connectivity index (χ4v) is 4.05. The van der Waals surface area contributed by atoms with Crippen molar-refractivity contribution in [2.45, 2.75) is 33.1 Å². The Morgan fingerprint density at radius 1 is 1.17 bits per heavy atom. The maximum absolute atomic E-state index is 13.0. The van der Waals surface area contributed by atoms with Crippen LogP contribution in [0.25, 0.3) is 21.3 Å². The zero-order chi connectivity index (χ0) is 17.4. The largest absolute Gasteiger partial charge is 0.373 e. The molecule has 0 fully saturated rings. The van der Waals surface area contributed by atoms with E-state index in [1.54, 1.807) is 0 Å². The van der Waals surface area contributed by atoms with Gasteiger partial charge >= 0.3 is 0 Å². The van der Waals surface area contributed by atoms with Gasteiger partial charge in [-0.3, -0.25) is 4.79 Å². The number of thiol groups is 1. The Hall–Kier alpha value is -1.85. The second kappa shape index (κ2) is 6.57. The van der Waals surface area contributed by atoms with Gasteiger partial charge in [-0.15, -0.1) is 0 Å². The molecule has 0 aliphatic heterocycles. The number of fused-ring (bicyclic) bond motifs is 2. The molecule has 24 heavy (non-hydrogen) atoms. The summed E-state index contributed by atoms with van der Waals surface area (Å²) in [6.07, 6.45) is 0. The van der Waals surface area contributed by atoms with Crippen molar-refractivity contribution in [3.8, 4) is 11.3 Å². The quantitative estimate of drug-likeness (QED) is 0.366. The van der Waals surface area contributed by atoms with Gasteiger partial charge in [0.1, 0.15) is 0 Å². The number of benzene rings is 2. The van der Waals surface area contributed by atoms with Crippen LogP contribution in [0.3, 0.4) is 0 Å². The third-order valence-corrected chi connectivity index (χ3v) is 5.09. The first kappa shape index (κ1) is 17.0. The molecular weight excluding hydrogens is 336 g/mol. The summed E-state index contributed by atoms with van der Waals surface area (Å²) in [7, 11) is 0. The molecule has 4 rings (SSSR count). The van der Waals surface area contributed by atoms with Crippen molar-refractivity contribution in [1.82, 2.24) is 4.37 Å². The van der Waals surface area contributed by atoms with Crippen LogP contribution in [-0.4, -0.2) is 15.5 Å². The summed E-state index contributed by atoms with van der Waals surface area (Å²) in [6, 6.07) is 9.77.